The van der Waals surface area contributed by atoms with E-state index in [0.29, 0.717) is 18.8 Å². The highest BCUT2D eigenvalue weighted by Gasteiger charge is 2.21. The molecule has 0 spiro atoms. The molecule has 0 radical (unpaired) electrons. The number of hydrogen-bond acceptors (Lipinski definition) is 3. The van der Waals surface area contributed by atoms with Gasteiger partial charge < -0.3 is 10.5 Å². The minimum atomic E-state index is -1.05. The Labute approximate surface area is 103 Å². The Morgan fingerprint density at radius 3 is 2.82 bits per heavy atom. The van der Waals surface area contributed by atoms with Gasteiger partial charge in [0, 0.05) is 34.8 Å². The van der Waals surface area contributed by atoms with Gasteiger partial charge in [0.2, 0.25) is 0 Å². The molecule has 1 aliphatic heterocycles. The zero-order valence-electron chi connectivity index (χ0n) is 9.52. The molecule has 1 saturated heterocycles. The lowest BCUT2D eigenvalue weighted by molar-refractivity contribution is 0.0992. The molecule has 0 aliphatic carbocycles. The molecule has 1 aromatic rings. The summed E-state index contributed by atoms with van der Waals surface area (Å²) < 4.78 is 30.9. The first kappa shape index (κ1) is 12.5. The summed E-state index contributed by atoms with van der Waals surface area (Å²) in [5, 5.41) is 0.115. The molecular weight excluding hydrogens is 241 g/mol. The van der Waals surface area contributed by atoms with Gasteiger partial charge in [-0.05, 0) is 18.9 Å². The lowest BCUT2D eigenvalue weighted by Gasteiger charge is -2.21. The molecule has 0 bridgehead atoms. The summed E-state index contributed by atoms with van der Waals surface area (Å²) in [6.07, 6.45) is 1.58. The van der Waals surface area contributed by atoms with Crippen molar-refractivity contribution in [1.29, 1.82) is 0 Å². The second kappa shape index (κ2) is 5.60. The third kappa shape index (κ3) is 3.04. The molecule has 1 heterocycles. The number of anilines is 1. The summed E-state index contributed by atoms with van der Waals surface area (Å²) in [5.41, 5.74) is 6.04. The Morgan fingerprint density at radius 1 is 1.41 bits per heavy atom. The Kier molecular flexibility index (Phi) is 4.12. The predicted molar refractivity (Wildman–Crippen MR) is 66.5 cm³/mol. The average molecular weight is 257 g/mol. The molecule has 0 saturated carbocycles. The topological polar surface area (TPSA) is 52.3 Å². The van der Waals surface area contributed by atoms with Crippen LogP contribution in [-0.4, -0.2) is 22.7 Å². The normalized spacial score (nSPS) is 19.1. The standard InChI is InChI=1S/C12H16FNO2S/c13-12-9(2-1-3-11(12)14)8-17(15)10-4-6-16-7-5-10/h1-3,10H,4-8,14H2. The Hall–Kier alpha value is -0.940. The molecular formula is C12H16FNO2S. The van der Waals surface area contributed by atoms with E-state index in [-0.39, 0.29) is 16.7 Å². The SMILES string of the molecule is Nc1cccc(CS(=O)C2CCOCC2)c1F. The van der Waals surface area contributed by atoms with E-state index in [1.165, 1.54) is 6.07 Å². The van der Waals surface area contributed by atoms with E-state index in [1.807, 2.05) is 0 Å². The van der Waals surface area contributed by atoms with Crippen molar-refractivity contribution in [3.63, 3.8) is 0 Å². The summed E-state index contributed by atoms with van der Waals surface area (Å²) >= 11 is 0. The first-order valence-electron chi connectivity index (χ1n) is 5.66. The average Bonchev–Trinajstić information content (AvgIpc) is 2.36. The summed E-state index contributed by atoms with van der Waals surface area (Å²) in [7, 11) is -1.05. The fourth-order valence-corrected chi connectivity index (χ4v) is 3.40. The van der Waals surface area contributed by atoms with Gasteiger partial charge in [-0.25, -0.2) is 4.39 Å². The van der Waals surface area contributed by atoms with Crippen LogP contribution in [-0.2, 0) is 21.3 Å². The van der Waals surface area contributed by atoms with Crippen LogP contribution in [0.4, 0.5) is 10.1 Å². The van der Waals surface area contributed by atoms with Crippen molar-refractivity contribution < 1.29 is 13.3 Å². The highest BCUT2D eigenvalue weighted by atomic mass is 32.2. The number of hydrogen-bond donors (Lipinski definition) is 1. The van der Waals surface area contributed by atoms with Crippen molar-refractivity contribution in [1.82, 2.24) is 0 Å². The van der Waals surface area contributed by atoms with Crippen LogP contribution in [0.1, 0.15) is 18.4 Å². The van der Waals surface area contributed by atoms with Gasteiger partial charge in [-0.15, -0.1) is 0 Å². The largest absolute Gasteiger partial charge is 0.396 e. The molecule has 1 unspecified atom stereocenters. The molecule has 2 rings (SSSR count). The van der Waals surface area contributed by atoms with Gasteiger partial charge in [-0.1, -0.05) is 12.1 Å². The third-order valence-corrected chi connectivity index (χ3v) is 4.76. The van der Waals surface area contributed by atoms with Crippen LogP contribution in [0.5, 0.6) is 0 Å². The lowest BCUT2D eigenvalue weighted by atomic mass is 10.2. The van der Waals surface area contributed by atoms with Crippen molar-refractivity contribution >= 4 is 16.5 Å². The maximum absolute atomic E-state index is 13.6. The maximum atomic E-state index is 13.6. The number of nitrogens with two attached hydrogens (primary N) is 1. The first-order chi connectivity index (χ1) is 8.18. The quantitative estimate of drug-likeness (QED) is 0.841. The van der Waals surface area contributed by atoms with Crippen LogP contribution in [0.25, 0.3) is 0 Å². The van der Waals surface area contributed by atoms with Crippen LogP contribution in [0.3, 0.4) is 0 Å². The Bertz CT molecular complexity index is 419. The predicted octanol–water partition coefficient (Wildman–Crippen LogP) is 1.84. The van der Waals surface area contributed by atoms with Crippen LogP contribution >= 0.6 is 0 Å². The van der Waals surface area contributed by atoms with E-state index in [2.05, 4.69) is 0 Å². The van der Waals surface area contributed by atoms with E-state index >= 15 is 0 Å². The van der Waals surface area contributed by atoms with Gasteiger partial charge in [0.1, 0.15) is 5.82 Å². The molecule has 0 aromatic heterocycles. The molecule has 3 nitrogen and oxygen atoms in total. The van der Waals surface area contributed by atoms with E-state index < -0.39 is 16.6 Å². The number of rotatable bonds is 3. The van der Waals surface area contributed by atoms with Gasteiger partial charge in [0.25, 0.3) is 0 Å². The third-order valence-electron chi connectivity index (χ3n) is 2.95. The molecule has 1 atom stereocenters. The van der Waals surface area contributed by atoms with Crippen molar-refractivity contribution in [2.24, 2.45) is 0 Å². The zero-order chi connectivity index (χ0) is 12.3. The second-order valence-corrected chi connectivity index (χ2v) is 5.87. The van der Waals surface area contributed by atoms with Crippen molar-refractivity contribution in [2.45, 2.75) is 23.8 Å². The van der Waals surface area contributed by atoms with Crippen LogP contribution < -0.4 is 5.73 Å². The van der Waals surface area contributed by atoms with Crippen molar-refractivity contribution in [3.8, 4) is 0 Å². The first-order valence-corrected chi connectivity index (χ1v) is 7.04. The number of benzene rings is 1. The van der Waals surface area contributed by atoms with Gasteiger partial charge >= 0.3 is 0 Å². The van der Waals surface area contributed by atoms with Gasteiger partial charge in [-0.3, -0.25) is 4.21 Å². The van der Waals surface area contributed by atoms with Gasteiger partial charge in [-0.2, -0.15) is 0 Å². The molecule has 2 N–H and O–H groups in total. The highest BCUT2D eigenvalue weighted by molar-refractivity contribution is 7.84. The van der Waals surface area contributed by atoms with E-state index in [9.17, 15) is 8.60 Å². The highest BCUT2D eigenvalue weighted by Crippen LogP contribution is 2.20. The molecule has 17 heavy (non-hydrogen) atoms. The van der Waals surface area contributed by atoms with E-state index in [4.69, 9.17) is 10.5 Å². The van der Waals surface area contributed by atoms with Crippen LogP contribution in [0.15, 0.2) is 18.2 Å². The summed E-state index contributed by atoms with van der Waals surface area (Å²) in [4.78, 5) is 0. The van der Waals surface area contributed by atoms with Gasteiger partial charge in [0.15, 0.2) is 0 Å². The van der Waals surface area contributed by atoms with E-state index in [1.54, 1.807) is 12.1 Å². The fourth-order valence-electron chi connectivity index (χ4n) is 1.92. The Balaban J connectivity index is 2.04. The van der Waals surface area contributed by atoms with Crippen molar-refractivity contribution in [2.75, 3.05) is 18.9 Å². The Morgan fingerprint density at radius 2 is 2.12 bits per heavy atom. The maximum Gasteiger partial charge on any atom is 0.150 e. The molecule has 5 heteroatoms. The minimum Gasteiger partial charge on any atom is -0.396 e. The number of nitrogen functional groups attached to an aromatic ring is 1. The zero-order valence-corrected chi connectivity index (χ0v) is 10.3. The summed E-state index contributed by atoms with van der Waals surface area (Å²) in [6.45, 7) is 1.30. The fraction of sp³-hybridized carbons (Fsp3) is 0.500. The lowest BCUT2D eigenvalue weighted by Crippen LogP contribution is -2.25. The number of halogens is 1. The molecule has 1 aliphatic rings. The molecule has 94 valence electrons. The molecule has 1 aromatic carbocycles. The monoisotopic (exact) mass is 257 g/mol. The molecule has 0 amide bonds. The van der Waals surface area contributed by atoms with Gasteiger partial charge in [0.05, 0.1) is 11.4 Å². The van der Waals surface area contributed by atoms with Crippen LogP contribution in [0.2, 0.25) is 0 Å². The molecule has 1 fully saturated rings. The number of ether oxygens (including phenoxy) is 1. The van der Waals surface area contributed by atoms with Crippen LogP contribution in [0, 0.1) is 5.82 Å². The van der Waals surface area contributed by atoms with E-state index in [0.717, 1.165) is 12.8 Å². The second-order valence-electron chi connectivity index (χ2n) is 4.16. The summed E-state index contributed by atoms with van der Waals surface area (Å²) in [6, 6.07) is 4.84. The summed E-state index contributed by atoms with van der Waals surface area (Å²) in [5.74, 6) is -0.199. The van der Waals surface area contributed by atoms with Crippen molar-refractivity contribution in [3.05, 3.63) is 29.6 Å². The minimum absolute atomic E-state index is 0.115. The smallest absolute Gasteiger partial charge is 0.150 e.